The monoisotopic (exact) mass is 372 g/mol. The van der Waals surface area contributed by atoms with Gasteiger partial charge in [-0.2, -0.15) is 18.2 Å². The lowest BCUT2D eigenvalue weighted by Gasteiger charge is -2.05. The highest BCUT2D eigenvalue weighted by Crippen LogP contribution is 2.30. The molecule has 0 unspecified atom stereocenters. The maximum Gasteiger partial charge on any atom is 0.416 e. The number of alkyl halides is 3. The van der Waals surface area contributed by atoms with E-state index >= 15 is 0 Å². The Balaban J connectivity index is 1.60. The Kier molecular flexibility index (Phi) is 3.98. The van der Waals surface area contributed by atoms with E-state index in [2.05, 4.69) is 15.1 Å². The van der Waals surface area contributed by atoms with Crippen LogP contribution in [0.15, 0.2) is 64.2 Å². The van der Waals surface area contributed by atoms with Crippen LogP contribution in [-0.4, -0.2) is 19.7 Å². The molecule has 0 aliphatic carbocycles. The minimum Gasteiger partial charge on any atom is -0.337 e. The smallest absolute Gasteiger partial charge is 0.337 e. The Morgan fingerprint density at radius 3 is 2.52 bits per heavy atom. The summed E-state index contributed by atoms with van der Waals surface area (Å²) in [6, 6.07) is 11.4. The molecule has 2 aromatic heterocycles. The molecule has 0 atom stereocenters. The van der Waals surface area contributed by atoms with E-state index in [-0.39, 0.29) is 23.8 Å². The minimum absolute atomic E-state index is 0.00427. The summed E-state index contributed by atoms with van der Waals surface area (Å²) in [5.74, 6) is 0.282. The van der Waals surface area contributed by atoms with Crippen LogP contribution in [-0.2, 0) is 12.7 Å². The van der Waals surface area contributed by atoms with E-state index in [4.69, 9.17) is 4.52 Å². The third kappa shape index (κ3) is 3.31. The fourth-order valence-electron chi connectivity index (χ4n) is 2.61. The Bertz CT molecular complexity index is 1160. The average Bonchev–Trinajstić information content (AvgIpc) is 3.12. The lowest BCUT2D eigenvalue weighted by molar-refractivity contribution is -0.137. The van der Waals surface area contributed by atoms with Crippen LogP contribution in [0.2, 0.25) is 0 Å². The Hall–Kier alpha value is -3.49. The number of fused-ring (bicyclic) bond motifs is 1. The first kappa shape index (κ1) is 17.0. The highest BCUT2D eigenvalue weighted by Gasteiger charge is 2.30. The summed E-state index contributed by atoms with van der Waals surface area (Å²) < 4.78 is 44.3. The number of para-hydroxylation sites is 1. The van der Waals surface area contributed by atoms with Crippen molar-refractivity contribution in [2.24, 2.45) is 0 Å². The summed E-state index contributed by atoms with van der Waals surface area (Å²) in [6.45, 7) is 0.00427. The minimum atomic E-state index is -4.41. The van der Waals surface area contributed by atoms with E-state index < -0.39 is 11.7 Å². The average molecular weight is 372 g/mol. The van der Waals surface area contributed by atoms with Gasteiger partial charge >= 0.3 is 6.18 Å². The standard InChI is InChI=1S/C18H11F3N4O2/c19-18(20,21)12-7-5-11(6-8-12)16-23-15(27-24-16)9-25-10-22-14-4-2-1-3-13(14)17(25)26/h1-8,10H,9H2. The molecule has 0 radical (unpaired) electrons. The van der Waals surface area contributed by atoms with Crippen LogP contribution >= 0.6 is 0 Å². The van der Waals surface area contributed by atoms with Gasteiger partial charge in [0.1, 0.15) is 6.54 Å². The molecule has 0 fully saturated rings. The number of nitrogens with zero attached hydrogens (tertiary/aromatic N) is 4. The fourth-order valence-corrected chi connectivity index (χ4v) is 2.61. The van der Waals surface area contributed by atoms with E-state index in [9.17, 15) is 18.0 Å². The van der Waals surface area contributed by atoms with Gasteiger partial charge in [0.15, 0.2) is 0 Å². The Labute approximate surface area is 149 Å². The molecule has 27 heavy (non-hydrogen) atoms. The highest BCUT2D eigenvalue weighted by atomic mass is 19.4. The van der Waals surface area contributed by atoms with Gasteiger partial charge in [-0.3, -0.25) is 9.36 Å². The normalized spacial score (nSPS) is 11.8. The molecular weight excluding hydrogens is 361 g/mol. The van der Waals surface area contributed by atoms with Crippen LogP contribution in [0.1, 0.15) is 11.5 Å². The molecule has 4 aromatic rings. The van der Waals surface area contributed by atoms with E-state index in [0.29, 0.717) is 16.5 Å². The zero-order chi connectivity index (χ0) is 19.0. The largest absolute Gasteiger partial charge is 0.416 e. The first-order valence-electron chi connectivity index (χ1n) is 7.86. The van der Waals surface area contributed by atoms with E-state index in [0.717, 1.165) is 12.1 Å². The van der Waals surface area contributed by atoms with E-state index in [1.165, 1.54) is 23.0 Å². The van der Waals surface area contributed by atoms with Crippen molar-refractivity contribution in [3.63, 3.8) is 0 Å². The Morgan fingerprint density at radius 1 is 1.04 bits per heavy atom. The van der Waals surface area contributed by atoms with Crippen molar-refractivity contribution in [3.8, 4) is 11.4 Å². The van der Waals surface area contributed by atoms with Crippen molar-refractivity contribution in [1.82, 2.24) is 19.7 Å². The number of rotatable bonds is 3. The van der Waals surface area contributed by atoms with Crippen molar-refractivity contribution in [2.75, 3.05) is 0 Å². The van der Waals surface area contributed by atoms with Crippen molar-refractivity contribution in [3.05, 3.63) is 76.7 Å². The second-order valence-corrected chi connectivity index (χ2v) is 5.78. The molecule has 0 saturated carbocycles. The molecule has 0 saturated heterocycles. The molecule has 9 heteroatoms. The van der Waals surface area contributed by atoms with Gasteiger partial charge in [-0.25, -0.2) is 4.98 Å². The van der Waals surface area contributed by atoms with Crippen LogP contribution in [0.25, 0.3) is 22.3 Å². The first-order valence-corrected chi connectivity index (χ1v) is 7.86. The highest BCUT2D eigenvalue weighted by molar-refractivity contribution is 5.76. The van der Waals surface area contributed by atoms with Crippen LogP contribution in [0.3, 0.4) is 0 Å². The molecule has 2 aromatic carbocycles. The molecule has 0 aliphatic heterocycles. The van der Waals surface area contributed by atoms with Gasteiger partial charge in [0.05, 0.1) is 22.8 Å². The number of benzene rings is 2. The van der Waals surface area contributed by atoms with Crippen molar-refractivity contribution >= 4 is 10.9 Å². The number of hydrogen-bond acceptors (Lipinski definition) is 5. The van der Waals surface area contributed by atoms with Gasteiger partial charge in [-0.05, 0) is 24.3 Å². The molecule has 4 rings (SSSR count). The summed E-state index contributed by atoms with van der Waals surface area (Å²) in [5.41, 5.74) is -0.0599. The molecule has 0 aliphatic rings. The summed E-state index contributed by atoms with van der Waals surface area (Å²) in [4.78, 5) is 20.8. The third-order valence-corrected chi connectivity index (χ3v) is 3.98. The Morgan fingerprint density at radius 2 is 1.78 bits per heavy atom. The van der Waals surface area contributed by atoms with Crippen LogP contribution in [0, 0.1) is 0 Å². The molecule has 0 amide bonds. The van der Waals surface area contributed by atoms with Crippen LogP contribution in [0.4, 0.5) is 13.2 Å². The quantitative estimate of drug-likeness (QED) is 0.550. The van der Waals surface area contributed by atoms with Crippen molar-refractivity contribution in [1.29, 1.82) is 0 Å². The molecule has 6 nitrogen and oxygen atoms in total. The zero-order valence-corrected chi connectivity index (χ0v) is 13.6. The predicted octanol–water partition coefficient (Wildman–Crippen LogP) is 3.51. The van der Waals surface area contributed by atoms with E-state index in [1.54, 1.807) is 24.3 Å². The van der Waals surface area contributed by atoms with Crippen molar-refractivity contribution in [2.45, 2.75) is 12.7 Å². The molecular formula is C18H11F3N4O2. The predicted molar refractivity (Wildman–Crippen MR) is 89.8 cm³/mol. The van der Waals surface area contributed by atoms with Crippen LogP contribution < -0.4 is 5.56 Å². The lowest BCUT2D eigenvalue weighted by Crippen LogP contribution is -2.21. The number of halogens is 3. The summed E-state index contributed by atoms with van der Waals surface area (Å²) in [7, 11) is 0. The van der Waals surface area contributed by atoms with Gasteiger partial charge < -0.3 is 4.52 Å². The molecule has 136 valence electrons. The summed E-state index contributed by atoms with van der Waals surface area (Å²) >= 11 is 0. The SMILES string of the molecule is O=c1c2ccccc2ncn1Cc1nc(-c2ccc(C(F)(F)F)cc2)no1. The van der Waals surface area contributed by atoms with E-state index in [1.807, 2.05) is 0 Å². The molecule has 2 heterocycles. The van der Waals surface area contributed by atoms with Gasteiger partial charge in [0.25, 0.3) is 5.56 Å². The molecule has 0 bridgehead atoms. The second-order valence-electron chi connectivity index (χ2n) is 5.78. The maximum atomic E-state index is 12.6. The van der Waals surface area contributed by atoms with Crippen molar-refractivity contribution < 1.29 is 17.7 Å². The second kappa shape index (κ2) is 6.35. The zero-order valence-electron chi connectivity index (χ0n) is 13.6. The maximum absolute atomic E-state index is 12.6. The lowest BCUT2D eigenvalue weighted by atomic mass is 10.1. The van der Waals surface area contributed by atoms with Gasteiger partial charge in [0.2, 0.25) is 11.7 Å². The fraction of sp³-hybridized carbons (Fsp3) is 0.111. The number of aromatic nitrogens is 4. The first-order chi connectivity index (χ1) is 12.9. The van der Waals surface area contributed by atoms with Crippen LogP contribution in [0.5, 0.6) is 0 Å². The molecule has 0 N–H and O–H groups in total. The van der Waals surface area contributed by atoms with Gasteiger partial charge in [-0.1, -0.05) is 29.4 Å². The summed E-state index contributed by atoms with van der Waals surface area (Å²) in [5, 5.41) is 4.22. The van der Waals surface area contributed by atoms with Gasteiger partial charge in [-0.15, -0.1) is 0 Å². The topological polar surface area (TPSA) is 73.8 Å². The third-order valence-electron chi connectivity index (χ3n) is 3.98. The summed E-state index contributed by atoms with van der Waals surface area (Å²) in [6.07, 6.45) is -3.03. The molecule has 0 spiro atoms. The van der Waals surface area contributed by atoms with Gasteiger partial charge in [0, 0.05) is 5.56 Å². The number of hydrogen-bond donors (Lipinski definition) is 0.